The number of carbonyl (C=O) groups is 2. The second-order valence-corrected chi connectivity index (χ2v) is 7.04. The second-order valence-electron chi connectivity index (χ2n) is 5.27. The second kappa shape index (κ2) is 8.24. The molecule has 0 aromatic rings. The van der Waals surface area contributed by atoms with Crippen molar-refractivity contribution in [3.63, 3.8) is 0 Å². The van der Waals surface area contributed by atoms with Gasteiger partial charge in [-0.25, -0.2) is 0 Å². The van der Waals surface area contributed by atoms with Gasteiger partial charge < -0.3 is 5.11 Å². The number of hydrogen-bond acceptors (Lipinski definition) is 5. The third-order valence-corrected chi connectivity index (χ3v) is 4.40. The molecule has 0 aromatic heterocycles. The van der Waals surface area contributed by atoms with Crippen molar-refractivity contribution in [3.05, 3.63) is 0 Å². The van der Waals surface area contributed by atoms with Crippen molar-refractivity contribution >= 4 is 31.0 Å². The van der Waals surface area contributed by atoms with Gasteiger partial charge in [-0.3, -0.25) is 25.1 Å². The van der Waals surface area contributed by atoms with Crippen LogP contribution in [0.1, 0.15) is 27.7 Å². The van der Waals surface area contributed by atoms with E-state index in [1.165, 1.54) is 0 Å². The minimum atomic E-state index is -5.19. The van der Waals surface area contributed by atoms with E-state index in [1.54, 1.807) is 27.7 Å². The average molecular weight is 363 g/mol. The summed E-state index contributed by atoms with van der Waals surface area (Å²) in [5.41, 5.74) is -1.71. The SMILES string of the molecule is CC(C)NC(NC(C)C)([PH2]=S)N(CC(=O)O)C(=O)C(F)(F)F. The third kappa shape index (κ3) is 6.20. The standard InChI is InChI=1S/C11H21F3N3O3PS/c1-6(2)15-11(21-22,16-7(3)4)17(5-8(18)19)9(20)10(12,13)14/h6-7,15-16H,5,21H2,1-4H3,(H,18,19). The van der Waals surface area contributed by atoms with Gasteiger partial charge in [0, 0.05) is 12.1 Å². The zero-order valence-electron chi connectivity index (χ0n) is 12.7. The summed E-state index contributed by atoms with van der Waals surface area (Å²) >= 11 is 5.00. The van der Waals surface area contributed by atoms with Crippen molar-refractivity contribution in [1.29, 1.82) is 0 Å². The van der Waals surface area contributed by atoms with Gasteiger partial charge in [-0.1, -0.05) is 11.8 Å². The fourth-order valence-corrected chi connectivity index (χ4v) is 3.78. The molecule has 1 amide bonds. The van der Waals surface area contributed by atoms with Crippen LogP contribution in [0.2, 0.25) is 0 Å². The topological polar surface area (TPSA) is 81.7 Å². The molecule has 0 spiro atoms. The van der Waals surface area contributed by atoms with E-state index >= 15 is 0 Å². The third-order valence-electron chi connectivity index (χ3n) is 2.39. The van der Waals surface area contributed by atoms with Gasteiger partial charge >= 0.3 is 18.1 Å². The zero-order valence-corrected chi connectivity index (χ0v) is 14.7. The van der Waals surface area contributed by atoms with Crippen LogP contribution in [0.4, 0.5) is 13.2 Å². The quantitative estimate of drug-likeness (QED) is 0.440. The number of carboxylic acids is 1. The molecular weight excluding hydrogens is 342 g/mol. The van der Waals surface area contributed by atoms with Gasteiger partial charge in [0.1, 0.15) is 6.54 Å². The minimum absolute atomic E-state index is 0.234. The number of aliphatic carboxylic acids is 1. The summed E-state index contributed by atoms with van der Waals surface area (Å²) in [6, 6.07) is -0.641. The first-order valence-corrected chi connectivity index (χ1v) is 8.94. The molecule has 0 heterocycles. The number of hydrogen-bond donors (Lipinski definition) is 3. The van der Waals surface area contributed by atoms with Crippen LogP contribution < -0.4 is 10.6 Å². The van der Waals surface area contributed by atoms with Crippen molar-refractivity contribution in [3.8, 4) is 0 Å². The lowest BCUT2D eigenvalue weighted by Gasteiger charge is -2.44. The predicted molar refractivity (Wildman–Crippen MR) is 81.8 cm³/mol. The number of halogens is 3. The van der Waals surface area contributed by atoms with Crippen LogP contribution in [0, 0.1) is 0 Å². The highest BCUT2D eigenvalue weighted by Gasteiger charge is 2.50. The van der Waals surface area contributed by atoms with Crippen LogP contribution in [0.25, 0.3) is 0 Å². The van der Waals surface area contributed by atoms with Gasteiger partial charge in [-0.05, 0) is 35.1 Å². The molecule has 130 valence electrons. The Hall–Kier alpha value is -0.700. The molecule has 0 aliphatic rings. The summed E-state index contributed by atoms with van der Waals surface area (Å²) in [7, 11) is -1.20. The molecule has 1 unspecified atom stereocenters. The molecule has 0 saturated heterocycles. The summed E-state index contributed by atoms with van der Waals surface area (Å²) in [5.74, 6) is -3.80. The lowest BCUT2D eigenvalue weighted by molar-refractivity contribution is -0.192. The highest BCUT2D eigenvalue weighted by molar-refractivity contribution is 7.97. The Kier molecular flexibility index (Phi) is 7.97. The summed E-state index contributed by atoms with van der Waals surface area (Å²) < 4.78 is 38.5. The summed E-state index contributed by atoms with van der Waals surface area (Å²) in [5, 5.41) is 14.5. The van der Waals surface area contributed by atoms with E-state index in [-0.39, 0.29) is 17.0 Å². The van der Waals surface area contributed by atoms with Gasteiger partial charge in [-0.2, -0.15) is 13.2 Å². The molecule has 1 atom stereocenters. The molecule has 0 bridgehead atoms. The van der Waals surface area contributed by atoms with Crippen molar-refractivity contribution in [1.82, 2.24) is 15.5 Å². The number of amides is 1. The van der Waals surface area contributed by atoms with Gasteiger partial charge in [0.2, 0.25) is 0 Å². The normalized spacial score (nSPS) is 13.3. The summed E-state index contributed by atoms with van der Waals surface area (Å²) in [6.07, 6.45) is -5.19. The zero-order chi connectivity index (χ0) is 17.7. The van der Waals surface area contributed by atoms with E-state index in [0.29, 0.717) is 0 Å². The molecule has 0 saturated carbocycles. The molecule has 22 heavy (non-hydrogen) atoms. The first-order valence-electron chi connectivity index (χ1n) is 6.48. The molecule has 6 nitrogen and oxygen atoms in total. The molecule has 0 aromatic carbocycles. The van der Waals surface area contributed by atoms with Gasteiger partial charge in [-0.15, -0.1) is 0 Å². The number of nitrogens with zero attached hydrogens (tertiary/aromatic N) is 1. The van der Waals surface area contributed by atoms with Crippen LogP contribution in [-0.2, 0) is 21.4 Å². The van der Waals surface area contributed by atoms with Crippen molar-refractivity contribution in [2.45, 2.75) is 51.5 Å². The van der Waals surface area contributed by atoms with Crippen molar-refractivity contribution in [2.24, 2.45) is 0 Å². The average Bonchev–Trinajstić information content (AvgIpc) is 2.31. The number of nitrogens with one attached hydrogen (secondary N) is 2. The Bertz CT molecular complexity index is 423. The van der Waals surface area contributed by atoms with E-state index in [9.17, 15) is 22.8 Å². The van der Waals surface area contributed by atoms with Crippen LogP contribution >= 0.6 is 7.36 Å². The predicted octanol–water partition coefficient (Wildman–Crippen LogP) is 0.942. The van der Waals surface area contributed by atoms with Crippen molar-refractivity contribution in [2.75, 3.05) is 6.54 Å². The maximum absolute atomic E-state index is 12.8. The Balaban J connectivity index is 5.95. The van der Waals surface area contributed by atoms with E-state index in [0.717, 1.165) is 0 Å². The molecule has 3 N–H and O–H groups in total. The number of carbonyl (C=O) groups excluding carboxylic acids is 1. The fourth-order valence-electron chi connectivity index (χ4n) is 1.85. The molecule has 11 heteroatoms. The smallest absolute Gasteiger partial charge is 0.471 e. The van der Waals surface area contributed by atoms with E-state index < -0.39 is 37.5 Å². The van der Waals surface area contributed by atoms with Crippen LogP contribution in [0.3, 0.4) is 0 Å². The molecule has 0 fully saturated rings. The van der Waals surface area contributed by atoms with E-state index in [2.05, 4.69) is 10.6 Å². The Morgan fingerprint density at radius 1 is 1.18 bits per heavy atom. The van der Waals surface area contributed by atoms with Gasteiger partial charge in [0.15, 0.2) is 5.53 Å². The lowest BCUT2D eigenvalue weighted by atomic mass is 10.3. The van der Waals surface area contributed by atoms with Crippen LogP contribution in [0.5, 0.6) is 0 Å². The highest BCUT2D eigenvalue weighted by atomic mass is 32.4. The van der Waals surface area contributed by atoms with Gasteiger partial charge in [0.25, 0.3) is 0 Å². The lowest BCUT2D eigenvalue weighted by Crippen LogP contribution is -2.70. The number of carboxylic acid groups (broad SMARTS) is 1. The van der Waals surface area contributed by atoms with Crippen molar-refractivity contribution < 1.29 is 27.9 Å². The number of rotatable bonds is 8. The molecule has 0 aliphatic heterocycles. The first-order chi connectivity index (χ1) is 9.85. The molecule has 0 radical (unpaired) electrons. The summed E-state index contributed by atoms with van der Waals surface area (Å²) in [4.78, 5) is 22.9. The Morgan fingerprint density at radius 2 is 1.59 bits per heavy atom. The monoisotopic (exact) mass is 363 g/mol. The molecular formula is C11H21F3N3O3PS. The largest absolute Gasteiger partial charge is 0.480 e. The summed E-state index contributed by atoms with van der Waals surface area (Å²) in [6.45, 7) is 5.55. The van der Waals surface area contributed by atoms with Crippen LogP contribution in [-0.4, -0.2) is 52.2 Å². The van der Waals surface area contributed by atoms with E-state index in [4.69, 9.17) is 16.9 Å². The fraction of sp³-hybridized carbons (Fsp3) is 0.818. The van der Waals surface area contributed by atoms with Crippen LogP contribution in [0.15, 0.2) is 0 Å². The molecule has 0 aliphatic carbocycles. The minimum Gasteiger partial charge on any atom is -0.480 e. The Morgan fingerprint density at radius 3 is 1.82 bits per heavy atom. The maximum Gasteiger partial charge on any atom is 0.471 e. The first kappa shape index (κ1) is 21.3. The van der Waals surface area contributed by atoms with Gasteiger partial charge in [0.05, 0.1) is 0 Å². The number of alkyl halides is 3. The highest BCUT2D eigenvalue weighted by Crippen LogP contribution is 2.29. The van der Waals surface area contributed by atoms with E-state index in [1.807, 2.05) is 0 Å². The Labute approximate surface area is 133 Å². The molecule has 0 rings (SSSR count). The maximum atomic E-state index is 12.8.